The Kier molecular flexibility index (Phi) is 3.47. The van der Waals surface area contributed by atoms with Crippen LogP contribution in [0.5, 0.6) is 0 Å². The van der Waals surface area contributed by atoms with E-state index in [-0.39, 0.29) is 5.56 Å². The summed E-state index contributed by atoms with van der Waals surface area (Å²) in [5.41, 5.74) is 2.07. The molecule has 2 aromatic carbocycles. The highest BCUT2D eigenvalue weighted by atomic mass is 35.5. The Balaban J connectivity index is 2.21. The molecular weight excluding hydrogens is 295 g/mol. The molecule has 0 unspecified atom stereocenters. The van der Waals surface area contributed by atoms with Crippen molar-refractivity contribution in [3.05, 3.63) is 74.6 Å². The molecule has 0 fully saturated rings. The van der Waals surface area contributed by atoms with Gasteiger partial charge >= 0.3 is 0 Å². The monoisotopic (exact) mass is 304 g/mol. The second-order valence-electron chi connectivity index (χ2n) is 4.37. The van der Waals surface area contributed by atoms with E-state index in [1.807, 2.05) is 24.3 Å². The first-order valence-electron chi connectivity index (χ1n) is 6.04. The number of hydrogen-bond donors (Lipinski definition) is 0. The number of hydrogen-bond acceptors (Lipinski definition) is 2. The van der Waals surface area contributed by atoms with Gasteiger partial charge in [0.2, 0.25) is 0 Å². The van der Waals surface area contributed by atoms with Gasteiger partial charge in [0, 0.05) is 15.6 Å². The van der Waals surface area contributed by atoms with E-state index in [4.69, 9.17) is 23.2 Å². The molecule has 0 N–H and O–H groups in total. The molecule has 0 amide bonds. The third-order valence-corrected chi connectivity index (χ3v) is 3.84. The van der Waals surface area contributed by atoms with Crippen LogP contribution in [-0.2, 0) is 6.54 Å². The Morgan fingerprint density at radius 1 is 1.00 bits per heavy atom. The van der Waals surface area contributed by atoms with E-state index in [1.54, 1.807) is 22.8 Å². The number of para-hydroxylation sites is 2. The summed E-state index contributed by atoms with van der Waals surface area (Å²) in [5.74, 6) is 0. The molecule has 0 aliphatic heterocycles. The van der Waals surface area contributed by atoms with Gasteiger partial charge in [0.15, 0.2) is 0 Å². The van der Waals surface area contributed by atoms with Crippen molar-refractivity contribution in [1.29, 1.82) is 0 Å². The van der Waals surface area contributed by atoms with Crippen LogP contribution in [-0.4, -0.2) is 9.55 Å². The molecule has 3 aromatic rings. The molecule has 3 rings (SSSR count). The third-order valence-electron chi connectivity index (χ3n) is 3.13. The van der Waals surface area contributed by atoms with Gasteiger partial charge in [-0.15, -0.1) is 0 Å². The minimum Gasteiger partial charge on any atom is -0.301 e. The first-order chi connectivity index (χ1) is 9.66. The van der Waals surface area contributed by atoms with Crippen LogP contribution in [0.3, 0.4) is 0 Å². The van der Waals surface area contributed by atoms with Crippen molar-refractivity contribution in [1.82, 2.24) is 9.55 Å². The predicted molar refractivity (Wildman–Crippen MR) is 81.6 cm³/mol. The molecule has 1 aromatic heterocycles. The molecule has 20 heavy (non-hydrogen) atoms. The average molecular weight is 305 g/mol. The van der Waals surface area contributed by atoms with Crippen molar-refractivity contribution in [2.24, 2.45) is 0 Å². The van der Waals surface area contributed by atoms with Gasteiger partial charge in [-0.1, -0.05) is 41.4 Å². The maximum atomic E-state index is 12.1. The van der Waals surface area contributed by atoms with E-state index in [0.29, 0.717) is 16.6 Å². The lowest BCUT2D eigenvalue weighted by atomic mass is 10.2. The first kappa shape index (κ1) is 13.2. The summed E-state index contributed by atoms with van der Waals surface area (Å²) in [6.07, 6.45) is 1.31. The molecule has 3 nitrogen and oxygen atoms in total. The van der Waals surface area contributed by atoms with Crippen molar-refractivity contribution in [2.75, 3.05) is 0 Å². The van der Waals surface area contributed by atoms with Crippen LogP contribution in [0, 0.1) is 0 Å². The van der Waals surface area contributed by atoms with Gasteiger partial charge in [-0.3, -0.25) is 4.79 Å². The molecule has 0 saturated carbocycles. The molecule has 1 heterocycles. The van der Waals surface area contributed by atoms with Crippen LogP contribution in [0.2, 0.25) is 10.0 Å². The summed E-state index contributed by atoms with van der Waals surface area (Å²) in [5, 5.41) is 1.09. The van der Waals surface area contributed by atoms with Gasteiger partial charge in [-0.25, -0.2) is 4.98 Å². The highest BCUT2D eigenvalue weighted by molar-refractivity contribution is 6.36. The van der Waals surface area contributed by atoms with Gasteiger partial charge in [0.25, 0.3) is 5.56 Å². The first-order valence-corrected chi connectivity index (χ1v) is 6.80. The number of halogens is 2. The quantitative estimate of drug-likeness (QED) is 0.722. The molecule has 0 atom stereocenters. The van der Waals surface area contributed by atoms with Gasteiger partial charge in [0.05, 0.1) is 23.8 Å². The zero-order valence-electron chi connectivity index (χ0n) is 10.4. The van der Waals surface area contributed by atoms with Crippen LogP contribution in [0.4, 0.5) is 0 Å². The zero-order chi connectivity index (χ0) is 14.1. The smallest absolute Gasteiger partial charge is 0.269 e. The standard InChI is InChI=1S/C15H10Cl2N2O/c16-11-4-3-5-12(17)10(11)9-19-14-7-2-1-6-13(14)18-8-15(19)20/h1-8H,9H2. The topological polar surface area (TPSA) is 34.9 Å². The summed E-state index contributed by atoms with van der Waals surface area (Å²) >= 11 is 12.3. The maximum Gasteiger partial charge on any atom is 0.269 e. The number of fused-ring (bicyclic) bond motifs is 1. The lowest BCUT2D eigenvalue weighted by molar-refractivity contribution is 0.787. The molecule has 0 bridgehead atoms. The normalized spacial score (nSPS) is 10.9. The molecule has 0 saturated heterocycles. The van der Waals surface area contributed by atoms with E-state index in [2.05, 4.69) is 4.98 Å². The van der Waals surface area contributed by atoms with E-state index in [0.717, 1.165) is 16.6 Å². The highest BCUT2D eigenvalue weighted by Crippen LogP contribution is 2.25. The van der Waals surface area contributed by atoms with E-state index in [1.165, 1.54) is 6.20 Å². The van der Waals surface area contributed by atoms with Crippen molar-refractivity contribution < 1.29 is 0 Å². The minimum absolute atomic E-state index is 0.181. The summed E-state index contributed by atoms with van der Waals surface area (Å²) in [4.78, 5) is 16.2. The van der Waals surface area contributed by atoms with Crippen LogP contribution in [0.25, 0.3) is 11.0 Å². The lowest BCUT2D eigenvalue weighted by Crippen LogP contribution is -2.21. The summed E-state index contributed by atoms with van der Waals surface area (Å²) < 4.78 is 1.62. The Morgan fingerprint density at radius 3 is 2.45 bits per heavy atom. The Bertz CT molecular complexity index is 822. The number of nitrogens with zero attached hydrogens (tertiary/aromatic N) is 2. The summed E-state index contributed by atoms with van der Waals surface area (Å²) in [6, 6.07) is 12.8. The van der Waals surface area contributed by atoms with Crippen LogP contribution in [0.15, 0.2) is 53.5 Å². The third kappa shape index (κ3) is 2.30. The average Bonchev–Trinajstić information content (AvgIpc) is 2.45. The van der Waals surface area contributed by atoms with Gasteiger partial charge in [-0.05, 0) is 24.3 Å². The van der Waals surface area contributed by atoms with Crippen molar-refractivity contribution in [3.8, 4) is 0 Å². The fourth-order valence-corrected chi connectivity index (χ4v) is 2.64. The summed E-state index contributed by atoms with van der Waals surface area (Å²) in [6.45, 7) is 0.320. The second kappa shape index (κ2) is 5.27. The Hall–Kier alpha value is -1.84. The molecular formula is C15H10Cl2N2O. The fraction of sp³-hybridized carbons (Fsp3) is 0.0667. The minimum atomic E-state index is -0.181. The number of aromatic nitrogens is 2. The van der Waals surface area contributed by atoms with E-state index >= 15 is 0 Å². The van der Waals surface area contributed by atoms with Crippen LogP contribution >= 0.6 is 23.2 Å². The van der Waals surface area contributed by atoms with Crippen molar-refractivity contribution in [3.63, 3.8) is 0 Å². The Morgan fingerprint density at radius 2 is 1.70 bits per heavy atom. The molecule has 0 spiro atoms. The molecule has 0 aliphatic carbocycles. The molecule has 100 valence electrons. The largest absolute Gasteiger partial charge is 0.301 e. The maximum absolute atomic E-state index is 12.1. The van der Waals surface area contributed by atoms with Crippen LogP contribution in [0.1, 0.15) is 5.56 Å². The van der Waals surface area contributed by atoms with E-state index < -0.39 is 0 Å². The van der Waals surface area contributed by atoms with Gasteiger partial charge < -0.3 is 4.57 Å². The van der Waals surface area contributed by atoms with Crippen LogP contribution < -0.4 is 5.56 Å². The number of rotatable bonds is 2. The fourth-order valence-electron chi connectivity index (χ4n) is 2.12. The predicted octanol–water partition coefficient (Wildman–Crippen LogP) is 3.75. The zero-order valence-corrected chi connectivity index (χ0v) is 11.9. The lowest BCUT2D eigenvalue weighted by Gasteiger charge is -2.12. The van der Waals surface area contributed by atoms with E-state index in [9.17, 15) is 4.79 Å². The van der Waals surface area contributed by atoms with Crippen molar-refractivity contribution >= 4 is 34.2 Å². The highest BCUT2D eigenvalue weighted by Gasteiger charge is 2.10. The second-order valence-corrected chi connectivity index (χ2v) is 5.19. The molecule has 0 aliphatic rings. The Labute approximate surface area is 125 Å². The van der Waals surface area contributed by atoms with Gasteiger partial charge in [0.1, 0.15) is 0 Å². The summed E-state index contributed by atoms with van der Waals surface area (Å²) in [7, 11) is 0. The van der Waals surface area contributed by atoms with Gasteiger partial charge in [-0.2, -0.15) is 0 Å². The molecule has 5 heteroatoms. The number of benzene rings is 2. The SMILES string of the molecule is O=c1cnc2ccccc2n1Cc1c(Cl)cccc1Cl. The molecule has 0 radical (unpaired) electrons. The van der Waals surface area contributed by atoms with Crippen molar-refractivity contribution in [2.45, 2.75) is 6.54 Å².